The first-order valence-corrected chi connectivity index (χ1v) is 6.79. The van der Waals surface area contributed by atoms with E-state index in [1.807, 2.05) is 0 Å². The number of carbonyl (C=O) groups excluding carboxylic acids is 2. The normalized spacial score (nSPS) is 18.2. The number of hydrogen-bond acceptors (Lipinski definition) is 4. The molecule has 0 aliphatic carbocycles. The van der Waals surface area contributed by atoms with Crippen LogP contribution in [0.4, 0.5) is 5.82 Å². The highest BCUT2D eigenvalue weighted by atomic mass is 16.2. The molecule has 1 fully saturated rings. The molecule has 8 heteroatoms. The lowest BCUT2D eigenvalue weighted by molar-refractivity contribution is -0.126. The molecule has 1 aliphatic heterocycles. The number of hydrogen-bond donors (Lipinski definition) is 3. The van der Waals surface area contributed by atoms with Crippen molar-refractivity contribution in [2.45, 2.75) is 12.8 Å². The average molecular weight is 288 g/mol. The van der Waals surface area contributed by atoms with E-state index in [4.69, 9.17) is 0 Å². The van der Waals surface area contributed by atoms with Gasteiger partial charge in [0.2, 0.25) is 11.8 Å². The van der Waals surface area contributed by atoms with Gasteiger partial charge in [0.25, 0.3) is 0 Å². The Labute approximate surface area is 120 Å². The Hall–Kier alpha value is -2.64. The third-order valence-corrected chi connectivity index (χ3v) is 3.49. The van der Waals surface area contributed by atoms with Crippen molar-refractivity contribution in [3.05, 3.63) is 30.5 Å². The van der Waals surface area contributed by atoms with Crippen LogP contribution in [0.15, 0.2) is 24.8 Å². The maximum atomic E-state index is 12.1. The molecule has 2 aromatic rings. The lowest BCUT2D eigenvalue weighted by atomic mass is 10.1. The minimum atomic E-state index is -0.326. The highest BCUT2D eigenvalue weighted by molar-refractivity contribution is 5.99. The van der Waals surface area contributed by atoms with Crippen LogP contribution in [0.25, 0.3) is 0 Å². The van der Waals surface area contributed by atoms with Crippen LogP contribution in [0.2, 0.25) is 0 Å². The summed E-state index contributed by atoms with van der Waals surface area (Å²) in [5.41, 5.74) is 0.899. The lowest BCUT2D eigenvalue weighted by Crippen LogP contribution is -2.34. The Bertz CT molecular complexity index is 607. The molecule has 1 atom stereocenters. The summed E-state index contributed by atoms with van der Waals surface area (Å²) in [5, 5.41) is 9.49. The second kappa shape index (κ2) is 5.78. The van der Waals surface area contributed by atoms with Crippen LogP contribution in [-0.4, -0.2) is 45.1 Å². The fourth-order valence-corrected chi connectivity index (χ4v) is 2.39. The number of carbonyl (C=O) groups is 2. The van der Waals surface area contributed by atoms with Gasteiger partial charge in [-0.2, -0.15) is 5.10 Å². The molecule has 2 aromatic heterocycles. The second-order valence-electron chi connectivity index (χ2n) is 4.94. The first-order valence-electron chi connectivity index (χ1n) is 6.79. The van der Waals surface area contributed by atoms with Gasteiger partial charge in [0.05, 0.1) is 17.9 Å². The van der Waals surface area contributed by atoms with Crippen LogP contribution in [-0.2, 0) is 16.0 Å². The molecule has 3 rings (SSSR count). The van der Waals surface area contributed by atoms with E-state index in [2.05, 4.69) is 25.5 Å². The zero-order valence-electron chi connectivity index (χ0n) is 11.4. The van der Waals surface area contributed by atoms with Crippen LogP contribution in [0.5, 0.6) is 0 Å². The summed E-state index contributed by atoms with van der Waals surface area (Å²) < 4.78 is 0. The minimum absolute atomic E-state index is 0.0745. The summed E-state index contributed by atoms with van der Waals surface area (Å²) in [4.78, 5) is 32.5. The predicted molar refractivity (Wildman–Crippen MR) is 74.3 cm³/mol. The summed E-state index contributed by atoms with van der Waals surface area (Å²) >= 11 is 0. The molecule has 0 bridgehead atoms. The van der Waals surface area contributed by atoms with Crippen molar-refractivity contribution < 1.29 is 9.59 Å². The number of nitrogens with one attached hydrogen (secondary N) is 3. The van der Waals surface area contributed by atoms with Crippen molar-refractivity contribution >= 4 is 17.6 Å². The van der Waals surface area contributed by atoms with Crippen molar-refractivity contribution in [3.8, 4) is 0 Å². The van der Waals surface area contributed by atoms with Crippen LogP contribution in [0, 0.1) is 5.92 Å². The van der Waals surface area contributed by atoms with Crippen LogP contribution >= 0.6 is 0 Å². The highest BCUT2D eigenvalue weighted by Gasteiger charge is 2.35. The van der Waals surface area contributed by atoms with Crippen molar-refractivity contribution in [3.63, 3.8) is 0 Å². The van der Waals surface area contributed by atoms with E-state index >= 15 is 0 Å². The van der Waals surface area contributed by atoms with Gasteiger partial charge in [-0.25, -0.2) is 4.98 Å². The number of imidazole rings is 1. The van der Waals surface area contributed by atoms with E-state index in [-0.39, 0.29) is 24.2 Å². The molecule has 1 unspecified atom stereocenters. The molecule has 0 radical (unpaired) electrons. The first kappa shape index (κ1) is 13.3. The number of H-pyrrole nitrogens is 2. The predicted octanol–water partition coefficient (Wildman–Crippen LogP) is -0.155. The molecule has 0 aromatic carbocycles. The monoisotopic (exact) mass is 288 g/mol. The summed E-state index contributed by atoms with van der Waals surface area (Å²) in [7, 11) is 0. The van der Waals surface area contributed by atoms with Crippen molar-refractivity contribution in [1.82, 2.24) is 25.5 Å². The molecular weight excluding hydrogens is 272 g/mol. The molecule has 3 N–H and O–H groups in total. The first-order chi connectivity index (χ1) is 10.2. The van der Waals surface area contributed by atoms with Gasteiger partial charge in [0.15, 0.2) is 5.82 Å². The quantitative estimate of drug-likeness (QED) is 0.711. The average Bonchev–Trinajstić information content (AvgIpc) is 3.19. The summed E-state index contributed by atoms with van der Waals surface area (Å²) in [5.74, 6) is 0.0617. The largest absolute Gasteiger partial charge is 0.355 e. The number of rotatable bonds is 5. The Kier molecular flexibility index (Phi) is 3.67. The molecule has 0 saturated carbocycles. The van der Waals surface area contributed by atoms with E-state index in [9.17, 15) is 9.59 Å². The topological polar surface area (TPSA) is 107 Å². The fraction of sp³-hybridized carbons (Fsp3) is 0.385. The van der Waals surface area contributed by atoms with Gasteiger partial charge in [-0.3, -0.25) is 19.6 Å². The van der Waals surface area contributed by atoms with Gasteiger partial charge >= 0.3 is 0 Å². The van der Waals surface area contributed by atoms with E-state index in [1.54, 1.807) is 24.8 Å². The zero-order valence-corrected chi connectivity index (χ0v) is 11.4. The number of aromatic amines is 2. The molecule has 21 heavy (non-hydrogen) atoms. The second-order valence-corrected chi connectivity index (χ2v) is 4.94. The highest BCUT2D eigenvalue weighted by Crippen LogP contribution is 2.22. The SMILES string of the molecule is O=C(NCCc1c[nH]cn1)C1CC(=O)N(c2cc[nH]n2)C1. The zero-order chi connectivity index (χ0) is 14.7. The Balaban J connectivity index is 1.51. The molecule has 2 amide bonds. The van der Waals surface area contributed by atoms with E-state index in [1.165, 1.54) is 4.90 Å². The van der Waals surface area contributed by atoms with Gasteiger partial charge < -0.3 is 10.3 Å². The number of anilines is 1. The van der Waals surface area contributed by atoms with Crippen molar-refractivity contribution in [2.75, 3.05) is 18.0 Å². The smallest absolute Gasteiger partial charge is 0.229 e. The van der Waals surface area contributed by atoms with E-state index < -0.39 is 0 Å². The molecule has 1 saturated heterocycles. The van der Waals surface area contributed by atoms with Crippen LogP contribution < -0.4 is 10.2 Å². The van der Waals surface area contributed by atoms with Gasteiger partial charge in [0, 0.05) is 44.4 Å². The standard InChI is InChI=1S/C13H16N6O2/c20-12-5-9(7-19(12)11-2-4-17-18-11)13(21)15-3-1-10-6-14-8-16-10/h2,4,6,8-9H,1,3,5,7H2,(H,14,16)(H,15,21)(H,17,18). The molecular formula is C13H16N6O2. The molecule has 1 aliphatic rings. The van der Waals surface area contributed by atoms with Gasteiger partial charge in [0.1, 0.15) is 0 Å². The molecule has 0 spiro atoms. The van der Waals surface area contributed by atoms with Crippen LogP contribution in [0.3, 0.4) is 0 Å². The van der Waals surface area contributed by atoms with Crippen molar-refractivity contribution in [1.29, 1.82) is 0 Å². The third-order valence-electron chi connectivity index (χ3n) is 3.49. The minimum Gasteiger partial charge on any atom is -0.355 e. The third kappa shape index (κ3) is 2.93. The van der Waals surface area contributed by atoms with Crippen molar-refractivity contribution in [2.24, 2.45) is 5.92 Å². The van der Waals surface area contributed by atoms with Gasteiger partial charge in [-0.1, -0.05) is 0 Å². The number of aromatic nitrogens is 4. The van der Waals surface area contributed by atoms with E-state index in [0.29, 0.717) is 25.3 Å². The summed E-state index contributed by atoms with van der Waals surface area (Å²) in [6, 6.07) is 1.72. The Morgan fingerprint density at radius 2 is 2.43 bits per heavy atom. The number of amides is 2. The molecule has 3 heterocycles. The summed E-state index contributed by atoms with van der Waals surface area (Å²) in [6.07, 6.45) is 5.94. The van der Waals surface area contributed by atoms with Gasteiger partial charge in [-0.15, -0.1) is 0 Å². The fourth-order valence-electron chi connectivity index (χ4n) is 2.39. The Morgan fingerprint density at radius 3 is 3.14 bits per heavy atom. The van der Waals surface area contributed by atoms with Gasteiger partial charge in [-0.05, 0) is 0 Å². The van der Waals surface area contributed by atoms with Crippen LogP contribution in [0.1, 0.15) is 12.1 Å². The molecule has 110 valence electrons. The van der Waals surface area contributed by atoms with E-state index in [0.717, 1.165) is 5.69 Å². The maximum Gasteiger partial charge on any atom is 0.229 e. The lowest BCUT2D eigenvalue weighted by Gasteiger charge is -2.13. The molecule has 8 nitrogen and oxygen atoms in total. The Morgan fingerprint density at radius 1 is 1.52 bits per heavy atom. The maximum absolute atomic E-state index is 12.1. The summed E-state index contributed by atoms with van der Waals surface area (Å²) in [6.45, 7) is 0.884. The number of nitrogens with zero attached hydrogens (tertiary/aromatic N) is 3.